The molecule has 2 N–H and O–H groups in total. The maximum atomic E-state index is 13.1. The number of benzene rings is 2. The number of rotatable bonds is 7. The minimum absolute atomic E-state index is 0.132. The molecule has 0 unspecified atom stereocenters. The number of hydrogen-bond acceptors (Lipinski definition) is 7. The highest BCUT2D eigenvalue weighted by Crippen LogP contribution is 2.31. The molecule has 9 heteroatoms. The minimum atomic E-state index is -0.690. The van der Waals surface area contributed by atoms with Crippen molar-refractivity contribution in [2.45, 2.75) is 26.3 Å². The van der Waals surface area contributed by atoms with Crippen LogP contribution in [0.2, 0.25) is 0 Å². The van der Waals surface area contributed by atoms with E-state index in [2.05, 4.69) is 15.6 Å². The molecular formula is C26H26N4O5. The molecule has 35 heavy (non-hydrogen) atoms. The number of para-hydroxylation sites is 2. The first-order chi connectivity index (χ1) is 17.0. The van der Waals surface area contributed by atoms with E-state index in [1.54, 1.807) is 49.5 Å². The number of nitrogens with one attached hydrogen (secondary N) is 2. The van der Waals surface area contributed by atoms with E-state index in [0.717, 1.165) is 5.75 Å². The maximum Gasteiger partial charge on any atom is 0.342 e. The number of carbonyl (C=O) groups excluding carboxylic acids is 3. The second-order valence-electron chi connectivity index (χ2n) is 7.94. The number of pyridine rings is 1. The van der Waals surface area contributed by atoms with Gasteiger partial charge in [0.15, 0.2) is 6.61 Å². The molecule has 2 aromatic carbocycles. The van der Waals surface area contributed by atoms with Crippen molar-refractivity contribution in [2.75, 3.05) is 28.7 Å². The fourth-order valence-electron chi connectivity index (χ4n) is 3.85. The number of anilines is 4. The van der Waals surface area contributed by atoms with Crippen molar-refractivity contribution in [3.8, 4) is 5.75 Å². The summed E-state index contributed by atoms with van der Waals surface area (Å²) in [6.45, 7) is 3.77. The summed E-state index contributed by atoms with van der Waals surface area (Å²) >= 11 is 0. The Bertz CT molecular complexity index is 1230. The van der Waals surface area contributed by atoms with E-state index in [-0.39, 0.29) is 17.9 Å². The van der Waals surface area contributed by atoms with E-state index in [9.17, 15) is 14.4 Å². The molecule has 0 saturated heterocycles. The van der Waals surface area contributed by atoms with E-state index in [0.29, 0.717) is 29.5 Å². The van der Waals surface area contributed by atoms with Crippen LogP contribution < -0.4 is 20.3 Å². The van der Waals surface area contributed by atoms with E-state index in [1.807, 2.05) is 31.2 Å². The van der Waals surface area contributed by atoms with Crippen LogP contribution in [0.5, 0.6) is 5.75 Å². The van der Waals surface area contributed by atoms with Crippen LogP contribution in [0.4, 0.5) is 22.9 Å². The van der Waals surface area contributed by atoms with Gasteiger partial charge >= 0.3 is 5.97 Å². The Hall–Kier alpha value is -4.40. The van der Waals surface area contributed by atoms with Crippen molar-refractivity contribution >= 4 is 40.7 Å². The third-order valence-electron chi connectivity index (χ3n) is 5.41. The molecule has 4 rings (SSSR count). The Morgan fingerprint density at radius 3 is 2.66 bits per heavy atom. The van der Waals surface area contributed by atoms with Gasteiger partial charge in [-0.2, -0.15) is 0 Å². The highest BCUT2D eigenvalue weighted by Gasteiger charge is 2.30. The fraction of sp³-hybridized carbons (Fsp3) is 0.231. The molecule has 0 radical (unpaired) electrons. The molecule has 2 amide bonds. The largest absolute Gasteiger partial charge is 0.494 e. The summed E-state index contributed by atoms with van der Waals surface area (Å²) in [6, 6.07) is 17.1. The van der Waals surface area contributed by atoms with Crippen molar-refractivity contribution in [1.82, 2.24) is 4.98 Å². The van der Waals surface area contributed by atoms with Crippen molar-refractivity contribution in [2.24, 2.45) is 0 Å². The molecule has 1 atom stereocenters. The van der Waals surface area contributed by atoms with Gasteiger partial charge in [0.1, 0.15) is 17.1 Å². The van der Waals surface area contributed by atoms with Crippen molar-refractivity contribution < 1.29 is 23.9 Å². The third kappa shape index (κ3) is 5.57. The zero-order valence-electron chi connectivity index (χ0n) is 19.5. The monoisotopic (exact) mass is 474 g/mol. The third-order valence-corrected chi connectivity index (χ3v) is 5.41. The Morgan fingerprint density at radius 1 is 1.11 bits per heavy atom. The second kappa shape index (κ2) is 10.7. The van der Waals surface area contributed by atoms with Crippen LogP contribution in [0.1, 0.15) is 30.6 Å². The number of amides is 2. The highest BCUT2D eigenvalue weighted by atomic mass is 16.5. The normalized spacial score (nSPS) is 14.9. The summed E-state index contributed by atoms with van der Waals surface area (Å²) < 4.78 is 10.8. The van der Waals surface area contributed by atoms with Gasteiger partial charge in [-0.25, -0.2) is 9.78 Å². The molecule has 0 saturated carbocycles. The lowest BCUT2D eigenvalue weighted by Gasteiger charge is -2.27. The van der Waals surface area contributed by atoms with Gasteiger partial charge in [0.05, 0.1) is 18.0 Å². The minimum Gasteiger partial charge on any atom is -0.494 e. The molecule has 1 aromatic heterocycles. The molecular weight excluding hydrogens is 448 g/mol. The highest BCUT2D eigenvalue weighted by molar-refractivity contribution is 6.05. The van der Waals surface area contributed by atoms with Gasteiger partial charge in [0, 0.05) is 24.3 Å². The number of hydrogen-bond donors (Lipinski definition) is 2. The molecule has 180 valence electrons. The van der Waals surface area contributed by atoms with Gasteiger partial charge in [0.2, 0.25) is 5.91 Å². The molecule has 3 aromatic rings. The molecule has 0 fully saturated rings. The SMILES string of the molecule is CCOc1ccc(Nc2ncccc2C(=O)OCC(=O)N2c3ccccc3NC(=O)C[C@H]2C)cc1. The van der Waals surface area contributed by atoms with Gasteiger partial charge in [-0.3, -0.25) is 9.59 Å². The van der Waals surface area contributed by atoms with Crippen molar-refractivity contribution in [3.63, 3.8) is 0 Å². The number of aromatic nitrogens is 1. The van der Waals surface area contributed by atoms with Gasteiger partial charge in [-0.05, 0) is 62.4 Å². The van der Waals surface area contributed by atoms with Crippen LogP contribution >= 0.6 is 0 Å². The molecule has 1 aliphatic heterocycles. The van der Waals surface area contributed by atoms with E-state index >= 15 is 0 Å². The van der Waals surface area contributed by atoms with Crippen LogP contribution in [0.15, 0.2) is 66.9 Å². The Kier molecular flexibility index (Phi) is 7.25. The molecule has 0 bridgehead atoms. The van der Waals surface area contributed by atoms with Crippen LogP contribution in [0.25, 0.3) is 0 Å². The summed E-state index contributed by atoms with van der Waals surface area (Å²) in [7, 11) is 0. The van der Waals surface area contributed by atoms with Crippen LogP contribution in [0, 0.1) is 0 Å². The first-order valence-electron chi connectivity index (χ1n) is 11.3. The summed E-state index contributed by atoms with van der Waals surface area (Å²) in [4.78, 5) is 43.9. The smallest absolute Gasteiger partial charge is 0.342 e. The maximum absolute atomic E-state index is 13.1. The molecule has 2 heterocycles. The average molecular weight is 475 g/mol. The fourth-order valence-corrected chi connectivity index (χ4v) is 3.85. The zero-order valence-corrected chi connectivity index (χ0v) is 19.5. The molecule has 9 nitrogen and oxygen atoms in total. The lowest BCUT2D eigenvalue weighted by molar-refractivity contribution is -0.122. The molecule has 0 spiro atoms. The molecule has 1 aliphatic rings. The summed E-state index contributed by atoms with van der Waals surface area (Å²) in [6.07, 6.45) is 1.69. The van der Waals surface area contributed by atoms with Crippen LogP contribution in [-0.2, 0) is 14.3 Å². The lowest BCUT2D eigenvalue weighted by atomic mass is 10.1. The van der Waals surface area contributed by atoms with Crippen molar-refractivity contribution in [3.05, 3.63) is 72.4 Å². The van der Waals surface area contributed by atoms with E-state index in [4.69, 9.17) is 9.47 Å². The van der Waals surface area contributed by atoms with E-state index < -0.39 is 24.5 Å². The van der Waals surface area contributed by atoms with Crippen LogP contribution in [-0.4, -0.2) is 42.0 Å². The predicted octanol–water partition coefficient (Wildman–Crippen LogP) is 4.14. The van der Waals surface area contributed by atoms with E-state index in [1.165, 1.54) is 4.90 Å². The topological polar surface area (TPSA) is 110 Å². The number of carbonyl (C=O) groups is 3. The van der Waals surface area contributed by atoms with Crippen molar-refractivity contribution in [1.29, 1.82) is 0 Å². The standard InChI is InChI=1S/C26H26N4O5/c1-3-34-19-12-10-18(11-13-19)28-25-20(7-6-14-27-25)26(33)35-16-24(32)30-17(2)15-23(31)29-21-8-4-5-9-22(21)30/h4-14,17H,3,15-16H2,1-2H3,(H,27,28)(H,29,31)/t17-/m1/s1. The van der Waals surface area contributed by atoms with Gasteiger partial charge in [-0.15, -0.1) is 0 Å². The summed E-state index contributed by atoms with van der Waals surface area (Å²) in [5, 5.41) is 5.90. The summed E-state index contributed by atoms with van der Waals surface area (Å²) in [5.74, 6) is -0.266. The Morgan fingerprint density at radius 2 is 1.89 bits per heavy atom. The van der Waals surface area contributed by atoms with Gasteiger partial charge in [-0.1, -0.05) is 12.1 Å². The first-order valence-corrected chi connectivity index (χ1v) is 11.3. The van der Waals surface area contributed by atoms with Gasteiger partial charge < -0.3 is 25.0 Å². The van der Waals surface area contributed by atoms with Gasteiger partial charge in [0.25, 0.3) is 5.91 Å². The zero-order chi connectivity index (χ0) is 24.8. The Labute approximate surface area is 203 Å². The predicted molar refractivity (Wildman–Crippen MR) is 132 cm³/mol. The number of esters is 1. The van der Waals surface area contributed by atoms with Crippen LogP contribution in [0.3, 0.4) is 0 Å². The average Bonchev–Trinajstić information content (AvgIpc) is 2.98. The number of nitrogens with zero attached hydrogens (tertiary/aromatic N) is 2. The number of ether oxygens (including phenoxy) is 2. The quantitative estimate of drug-likeness (QED) is 0.495. The summed E-state index contributed by atoms with van der Waals surface area (Å²) in [5.41, 5.74) is 2.00. The molecule has 0 aliphatic carbocycles. The lowest BCUT2D eigenvalue weighted by Crippen LogP contribution is -2.41. The Balaban J connectivity index is 1.46. The first kappa shape index (κ1) is 23.7. The second-order valence-corrected chi connectivity index (χ2v) is 7.94. The number of fused-ring (bicyclic) bond motifs is 1.